The van der Waals surface area contributed by atoms with E-state index >= 15 is 0 Å². The van der Waals surface area contributed by atoms with Gasteiger partial charge in [0.2, 0.25) is 0 Å². The van der Waals surface area contributed by atoms with Crippen LogP contribution in [0.15, 0.2) is 12.3 Å². The lowest BCUT2D eigenvalue weighted by atomic mass is 10.0. The maximum atomic E-state index is 10.6. The van der Waals surface area contributed by atoms with Crippen LogP contribution in [0.4, 0.5) is 0 Å². The van der Waals surface area contributed by atoms with Crippen LogP contribution >= 0.6 is 0 Å². The fourth-order valence-electron chi connectivity index (χ4n) is 1.00. The van der Waals surface area contributed by atoms with Crippen LogP contribution in [0, 0.1) is 6.92 Å². The maximum absolute atomic E-state index is 10.6. The number of hydrogen-bond donors (Lipinski definition) is 0. The SMILES string of the molecule is Cc1ncc(C(C)C)cc1C=O. The third-order valence-electron chi connectivity index (χ3n) is 1.94. The van der Waals surface area contributed by atoms with Gasteiger partial charge < -0.3 is 0 Å². The Hall–Kier alpha value is -1.18. The summed E-state index contributed by atoms with van der Waals surface area (Å²) in [5.41, 5.74) is 2.61. The molecule has 0 N–H and O–H groups in total. The van der Waals surface area contributed by atoms with Crippen molar-refractivity contribution in [2.75, 3.05) is 0 Å². The highest BCUT2D eigenvalue weighted by Crippen LogP contribution is 2.14. The molecule has 1 aromatic heterocycles. The lowest BCUT2D eigenvalue weighted by molar-refractivity contribution is 0.112. The molecule has 12 heavy (non-hydrogen) atoms. The fraction of sp³-hybridized carbons (Fsp3) is 0.400. The van der Waals surface area contributed by atoms with Gasteiger partial charge in [-0.25, -0.2) is 0 Å². The third-order valence-corrected chi connectivity index (χ3v) is 1.94. The number of hydrogen-bond acceptors (Lipinski definition) is 2. The summed E-state index contributed by atoms with van der Waals surface area (Å²) in [6, 6.07) is 1.90. The first-order valence-electron chi connectivity index (χ1n) is 4.07. The summed E-state index contributed by atoms with van der Waals surface area (Å²) in [7, 11) is 0. The van der Waals surface area contributed by atoms with Gasteiger partial charge in [0.15, 0.2) is 6.29 Å². The van der Waals surface area contributed by atoms with E-state index in [2.05, 4.69) is 18.8 Å². The maximum Gasteiger partial charge on any atom is 0.151 e. The van der Waals surface area contributed by atoms with Crippen molar-refractivity contribution in [2.45, 2.75) is 26.7 Å². The number of carbonyl (C=O) groups excluding carboxylic acids is 1. The monoisotopic (exact) mass is 163 g/mol. The molecule has 0 radical (unpaired) electrons. The number of aromatic nitrogens is 1. The zero-order valence-electron chi connectivity index (χ0n) is 7.66. The molecule has 1 aromatic rings. The largest absolute Gasteiger partial charge is 0.298 e. The summed E-state index contributed by atoms with van der Waals surface area (Å²) in [5, 5.41) is 0. The summed E-state index contributed by atoms with van der Waals surface area (Å²) in [6.45, 7) is 6.01. The van der Waals surface area contributed by atoms with Gasteiger partial charge in [0.1, 0.15) is 0 Å². The summed E-state index contributed by atoms with van der Waals surface area (Å²) >= 11 is 0. The van der Waals surface area contributed by atoms with Crippen molar-refractivity contribution in [1.29, 1.82) is 0 Å². The van der Waals surface area contributed by atoms with Crippen LogP contribution < -0.4 is 0 Å². The molecule has 1 heterocycles. The number of aryl methyl sites for hydroxylation is 1. The van der Waals surface area contributed by atoms with Gasteiger partial charge in [-0.3, -0.25) is 9.78 Å². The Bertz CT molecular complexity index is 292. The second-order valence-electron chi connectivity index (χ2n) is 3.22. The van der Waals surface area contributed by atoms with Crippen molar-refractivity contribution in [2.24, 2.45) is 0 Å². The zero-order valence-corrected chi connectivity index (χ0v) is 7.66. The van der Waals surface area contributed by atoms with Crippen LogP contribution in [0.2, 0.25) is 0 Å². The molecule has 0 fully saturated rings. The van der Waals surface area contributed by atoms with E-state index in [0.717, 1.165) is 17.5 Å². The first-order chi connectivity index (χ1) is 5.65. The molecule has 64 valence electrons. The van der Waals surface area contributed by atoms with Crippen molar-refractivity contribution in [3.8, 4) is 0 Å². The van der Waals surface area contributed by atoms with E-state index in [0.29, 0.717) is 11.5 Å². The van der Waals surface area contributed by atoms with E-state index in [1.807, 2.05) is 19.2 Å². The highest BCUT2D eigenvalue weighted by atomic mass is 16.1. The van der Waals surface area contributed by atoms with Gasteiger partial charge in [-0.15, -0.1) is 0 Å². The molecule has 0 aliphatic rings. The van der Waals surface area contributed by atoms with Gasteiger partial charge >= 0.3 is 0 Å². The average molecular weight is 163 g/mol. The average Bonchev–Trinajstić information content (AvgIpc) is 2.05. The molecule has 0 amide bonds. The Morgan fingerprint density at radius 2 is 2.17 bits per heavy atom. The topological polar surface area (TPSA) is 30.0 Å². The minimum Gasteiger partial charge on any atom is -0.298 e. The summed E-state index contributed by atoms with van der Waals surface area (Å²) in [5.74, 6) is 0.428. The molecule has 0 unspecified atom stereocenters. The van der Waals surface area contributed by atoms with Gasteiger partial charge in [0.05, 0.1) is 0 Å². The minimum atomic E-state index is 0.428. The first kappa shape index (κ1) is 8.91. The second kappa shape index (κ2) is 3.48. The molecule has 2 nitrogen and oxygen atoms in total. The quantitative estimate of drug-likeness (QED) is 0.626. The molecule has 0 spiro atoms. The predicted molar refractivity (Wildman–Crippen MR) is 48.5 cm³/mol. The van der Waals surface area contributed by atoms with Crippen LogP contribution in [-0.2, 0) is 0 Å². The van der Waals surface area contributed by atoms with Crippen molar-refractivity contribution < 1.29 is 4.79 Å². The molecule has 0 atom stereocenters. The Morgan fingerprint density at radius 3 is 2.67 bits per heavy atom. The van der Waals surface area contributed by atoms with Gasteiger partial charge in [0.25, 0.3) is 0 Å². The van der Waals surface area contributed by atoms with Crippen molar-refractivity contribution in [3.63, 3.8) is 0 Å². The molecule has 1 rings (SSSR count). The Labute approximate surface area is 72.6 Å². The van der Waals surface area contributed by atoms with E-state index in [9.17, 15) is 4.79 Å². The van der Waals surface area contributed by atoms with E-state index in [4.69, 9.17) is 0 Å². The molecule has 0 aliphatic carbocycles. The van der Waals surface area contributed by atoms with Gasteiger partial charge in [-0.1, -0.05) is 13.8 Å². The molecule has 0 aliphatic heterocycles. The van der Waals surface area contributed by atoms with Crippen LogP contribution in [-0.4, -0.2) is 11.3 Å². The third kappa shape index (κ3) is 1.70. The first-order valence-corrected chi connectivity index (χ1v) is 4.07. The molecule has 0 aromatic carbocycles. The Balaban J connectivity index is 3.13. The number of aldehydes is 1. The molecule has 2 heteroatoms. The molecular formula is C10H13NO. The lowest BCUT2D eigenvalue weighted by Crippen LogP contribution is -1.95. The van der Waals surface area contributed by atoms with Crippen molar-refractivity contribution >= 4 is 6.29 Å². The summed E-state index contributed by atoms with van der Waals surface area (Å²) in [4.78, 5) is 14.7. The second-order valence-corrected chi connectivity index (χ2v) is 3.22. The Morgan fingerprint density at radius 1 is 1.50 bits per heavy atom. The van der Waals surface area contributed by atoms with Gasteiger partial charge in [-0.05, 0) is 24.5 Å². The fourth-order valence-corrected chi connectivity index (χ4v) is 1.00. The molecule has 0 bridgehead atoms. The van der Waals surface area contributed by atoms with Gasteiger partial charge in [0, 0.05) is 17.5 Å². The van der Waals surface area contributed by atoms with Crippen molar-refractivity contribution in [3.05, 3.63) is 29.1 Å². The Kier molecular flexibility index (Phi) is 2.58. The summed E-state index contributed by atoms with van der Waals surface area (Å²) < 4.78 is 0. The van der Waals surface area contributed by atoms with E-state index in [1.54, 1.807) is 0 Å². The predicted octanol–water partition coefficient (Wildman–Crippen LogP) is 2.33. The van der Waals surface area contributed by atoms with Crippen LogP contribution in [0.1, 0.15) is 41.4 Å². The van der Waals surface area contributed by atoms with Crippen molar-refractivity contribution in [1.82, 2.24) is 4.98 Å². The minimum absolute atomic E-state index is 0.428. The standard InChI is InChI=1S/C10H13NO/c1-7(2)9-4-10(6-12)8(3)11-5-9/h4-7H,1-3H3. The van der Waals surface area contributed by atoms with Crippen LogP contribution in [0.5, 0.6) is 0 Å². The van der Waals surface area contributed by atoms with E-state index < -0.39 is 0 Å². The normalized spacial score (nSPS) is 10.3. The smallest absolute Gasteiger partial charge is 0.151 e. The number of pyridine rings is 1. The van der Waals surface area contributed by atoms with E-state index in [1.165, 1.54) is 0 Å². The summed E-state index contributed by atoms with van der Waals surface area (Å²) in [6.07, 6.45) is 2.68. The van der Waals surface area contributed by atoms with Gasteiger partial charge in [-0.2, -0.15) is 0 Å². The highest BCUT2D eigenvalue weighted by molar-refractivity contribution is 5.76. The highest BCUT2D eigenvalue weighted by Gasteiger charge is 2.03. The van der Waals surface area contributed by atoms with Crippen LogP contribution in [0.3, 0.4) is 0 Å². The zero-order chi connectivity index (χ0) is 9.14. The molecule has 0 saturated carbocycles. The van der Waals surface area contributed by atoms with E-state index in [-0.39, 0.29) is 0 Å². The number of carbonyl (C=O) groups is 1. The lowest BCUT2D eigenvalue weighted by Gasteiger charge is -2.05. The number of nitrogens with zero attached hydrogens (tertiary/aromatic N) is 1. The molecule has 0 saturated heterocycles. The molecular weight excluding hydrogens is 150 g/mol. The number of rotatable bonds is 2. The van der Waals surface area contributed by atoms with Crippen LogP contribution in [0.25, 0.3) is 0 Å².